The first-order valence-corrected chi connectivity index (χ1v) is 13.8. The van der Waals surface area contributed by atoms with Crippen LogP contribution in [0, 0.1) is 22.7 Å². The van der Waals surface area contributed by atoms with Gasteiger partial charge in [-0.05, 0) is 35.5 Å². The van der Waals surface area contributed by atoms with Crippen LogP contribution in [0.15, 0.2) is 23.3 Å². The van der Waals surface area contributed by atoms with Crippen LogP contribution in [0.1, 0.15) is 75.2 Å². The number of esters is 5. The van der Waals surface area contributed by atoms with Crippen molar-refractivity contribution in [1.82, 2.24) is 0 Å². The third-order valence-electron chi connectivity index (χ3n) is 9.03. The molecule has 228 valence electrons. The Balaban J connectivity index is 2.52. The first-order chi connectivity index (χ1) is 18.8. The highest BCUT2D eigenvalue weighted by Crippen LogP contribution is 2.61. The molecule has 3 rings (SSSR count). The molecule has 0 amide bonds. The number of carbonyl (C=O) groups excluding carboxylic acids is 5. The van der Waals surface area contributed by atoms with E-state index in [0.717, 1.165) is 0 Å². The zero-order valence-electron chi connectivity index (χ0n) is 25.3. The van der Waals surface area contributed by atoms with Gasteiger partial charge in [0.05, 0.1) is 11.5 Å². The second-order valence-corrected chi connectivity index (χ2v) is 12.2. The number of hydrogen-bond donors (Lipinski definition) is 1. The molecule has 0 aromatic heterocycles. The summed E-state index contributed by atoms with van der Waals surface area (Å²) in [7, 11) is 0. The minimum absolute atomic E-state index is 0.0784. The van der Waals surface area contributed by atoms with E-state index in [1.54, 1.807) is 13.8 Å². The minimum Gasteiger partial charge on any atom is -0.462 e. The van der Waals surface area contributed by atoms with Crippen LogP contribution < -0.4 is 0 Å². The molecular formula is C30H42O11. The highest BCUT2D eigenvalue weighted by Gasteiger charge is 2.67. The molecule has 11 nitrogen and oxygen atoms in total. The summed E-state index contributed by atoms with van der Waals surface area (Å²) in [5.74, 6) is -4.65. The van der Waals surface area contributed by atoms with Gasteiger partial charge in [-0.1, -0.05) is 27.4 Å². The first kappa shape index (κ1) is 32.3. The molecule has 0 unspecified atom stereocenters. The monoisotopic (exact) mass is 578 g/mol. The molecule has 0 aromatic rings. The first-order valence-electron chi connectivity index (χ1n) is 13.8. The van der Waals surface area contributed by atoms with Gasteiger partial charge in [-0.15, -0.1) is 0 Å². The fraction of sp³-hybridized carbons (Fsp3) is 0.700. The Morgan fingerprint density at radius 1 is 0.780 bits per heavy atom. The van der Waals surface area contributed by atoms with Crippen LogP contribution in [0.2, 0.25) is 0 Å². The third kappa shape index (κ3) is 5.91. The number of aliphatic hydroxyl groups is 1. The van der Waals surface area contributed by atoms with Crippen LogP contribution in [-0.2, 0) is 47.7 Å². The van der Waals surface area contributed by atoms with Gasteiger partial charge in [0, 0.05) is 52.9 Å². The van der Waals surface area contributed by atoms with Crippen LogP contribution in [0.25, 0.3) is 0 Å². The number of hydrogen-bond acceptors (Lipinski definition) is 11. The molecule has 0 aliphatic heterocycles. The molecule has 2 saturated carbocycles. The predicted octanol–water partition coefficient (Wildman–Crippen LogP) is 2.96. The van der Waals surface area contributed by atoms with Crippen molar-refractivity contribution in [2.75, 3.05) is 0 Å². The number of carbonyl (C=O) groups is 5. The maximum atomic E-state index is 12.7. The van der Waals surface area contributed by atoms with E-state index in [2.05, 4.69) is 6.58 Å². The van der Waals surface area contributed by atoms with Gasteiger partial charge in [0.1, 0.15) is 18.3 Å². The lowest BCUT2D eigenvalue weighted by atomic mass is 9.48. The van der Waals surface area contributed by atoms with E-state index in [1.165, 1.54) is 34.6 Å². The van der Waals surface area contributed by atoms with E-state index in [-0.39, 0.29) is 18.4 Å². The summed E-state index contributed by atoms with van der Waals surface area (Å²) in [6, 6.07) is 0. The predicted molar refractivity (Wildman–Crippen MR) is 144 cm³/mol. The molecular weight excluding hydrogens is 536 g/mol. The Hall–Kier alpha value is -3.21. The zero-order chi connectivity index (χ0) is 31.2. The molecule has 0 spiro atoms. The molecule has 0 heterocycles. The van der Waals surface area contributed by atoms with E-state index in [1.807, 2.05) is 13.8 Å². The Bertz CT molecular complexity index is 1170. The van der Waals surface area contributed by atoms with E-state index in [9.17, 15) is 29.1 Å². The molecule has 11 heteroatoms. The van der Waals surface area contributed by atoms with Crippen molar-refractivity contribution in [2.45, 2.75) is 112 Å². The molecule has 3 aliphatic rings. The van der Waals surface area contributed by atoms with Crippen molar-refractivity contribution >= 4 is 29.8 Å². The van der Waals surface area contributed by atoms with Crippen molar-refractivity contribution in [3.63, 3.8) is 0 Å². The van der Waals surface area contributed by atoms with Gasteiger partial charge in [-0.25, -0.2) is 0 Å². The summed E-state index contributed by atoms with van der Waals surface area (Å²) in [6.07, 6.45) is -6.33. The zero-order valence-corrected chi connectivity index (χ0v) is 25.3. The molecule has 9 atom stereocenters. The lowest BCUT2D eigenvalue weighted by molar-refractivity contribution is -0.228. The maximum absolute atomic E-state index is 12.7. The normalized spacial score (nSPS) is 36.1. The van der Waals surface area contributed by atoms with Crippen molar-refractivity contribution in [3.8, 4) is 0 Å². The molecule has 3 aliphatic carbocycles. The summed E-state index contributed by atoms with van der Waals surface area (Å²) in [5, 5.41) is 11.2. The average molecular weight is 579 g/mol. The molecule has 2 fully saturated rings. The summed E-state index contributed by atoms with van der Waals surface area (Å²) in [6.45, 7) is 17.6. The fourth-order valence-corrected chi connectivity index (χ4v) is 7.49. The Morgan fingerprint density at radius 2 is 1.29 bits per heavy atom. The summed E-state index contributed by atoms with van der Waals surface area (Å²) >= 11 is 0. The Kier molecular flexibility index (Phi) is 9.13. The third-order valence-corrected chi connectivity index (χ3v) is 9.03. The highest BCUT2D eigenvalue weighted by atomic mass is 16.6. The number of ether oxygens (including phenoxy) is 5. The molecule has 0 aromatic carbocycles. The van der Waals surface area contributed by atoms with Crippen molar-refractivity contribution in [2.24, 2.45) is 22.7 Å². The van der Waals surface area contributed by atoms with Gasteiger partial charge < -0.3 is 28.8 Å². The van der Waals surface area contributed by atoms with Crippen molar-refractivity contribution in [3.05, 3.63) is 23.3 Å². The molecule has 2 bridgehead atoms. The number of rotatable bonds is 5. The van der Waals surface area contributed by atoms with Gasteiger partial charge >= 0.3 is 29.8 Å². The minimum atomic E-state index is -1.40. The topological polar surface area (TPSA) is 152 Å². The summed E-state index contributed by atoms with van der Waals surface area (Å²) in [4.78, 5) is 62.5. The van der Waals surface area contributed by atoms with Crippen LogP contribution in [0.4, 0.5) is 0 Å². The van der Waals surface area contributed by atoms with Crippen LogP contribution in [-0.4, -0.2) is 71.6 Å². The summed E-state index contributed by atoms with van der Waals surface area (Å²) < 4.78 is 29.5. The lowest BCUT2D eigenvalue weighted by Crippen LogP contribution is -2.68. The average Bonchev–Trinajstić information content (AvgIpc) is 2.80. The number of fused-ring (bicyclic) bond motifs is 3. The SMILES string of the molecule is C=C1[C@@H](O)C[C@H](OC(C)=O)[C@@]2(C)[C@@H](OC(C)=O)[C@H](OC(C)=O)C3=C(C)[C@@H](OC(C)=O)C[C@H]([C@@H](OC(C)=O)[C@H]12)C3(C)C. The molecule has 41 heavy (non-hydrogen) atoms. The maximum Gasteiger partial charge on any atom is 0.303 e. The lowest BCUT2D eigenvalue weighted by Gasteiger charge is -2.61. The van der Waals surface area contributed by atoms with E-state index < -0.39 is 89.1 Å². The standard InChI is InChI=1S/C30H42O11/c1-13-21(36)12-23(38-16(4)32)30(10)25(13)26(39-17(5)33)20-11-22(37-15(3)31)14(2)24(29(20,8)9)27(40-18(6)34)28(30)41-19(7)35/h20-23,25-28,36H,1,11-12H2,2-10H3/t20-,21+,22+,23+,25+,26-,27-,28+,30-/m1/s1. The second-order valence-electron chi connectivity index (χ2n) is 12.2. The molecule has 1 N–H and O–H groups in total. The second kappa shape index (κ2) is 11.6. The highest BCUT2D eigenvalue weighted by molar-refractivity contribution is 5.69. The molecule has 0 saturated heterocycles. The smallest absolute Gasteiger partial charge is 0.303 e. The van der Waals surface area contributed by atoms with Crippen LogP contribution in [0.3, 0.4) is 0 Å². The Labute approximate surface area is 240 Å². The largest absolute Gasteiger partial charge is 0.462 e. The van der Waals surface area contributed by atoms with Gasteiger partial charge in [-0.3, -0.25) is 24.0 Å². The van der Waals surface area contributed by atoms with E-state index >= 15 is 0 Å². The molecule has 0 radical (unpaired) electrons. The quantitative estimate of drug-likeness (QED) is 0.291. The Morgan fingerprint density at radius 3 is 1.78 bits per heavy atom. The van der Waals surface area contributed by atoms with Crippen LogP contribution in [0.5, 0.6) is 0 Å². The van der Waals surface area contributed by atoms with E-state index in [0.29, 0.717) is 11.1 Å². The van der Waals surface area contributed by atoms with Gasteiger partial charge in [-0.2, -0.15) is 0 Å². The fourth-order valence-electron chi connectivity index (χ4n) is 7.49. The number of aliphatic hydroxyl groups excluding tert-OH is 1. The van der Waals surface area contributed by atoms with Crippen LogP contribution >= 0.6 is 0 Å². The summed E-state index contributed by atoms with van der Waals surface area (Å²) in [5.41, 5.74) is -0.845. The van der Waals surface area contributed by atoms with E-state index in [4.69, 9.17) is 23.7 Å². The van der Waals surface area contributed by atoms with Gasteiger partial charge in [0.25, 0.3) is 0 Å². The van der Waals surface area contributed by atoms with Crippen molar-refractivity contribution in [1.29, 1.82) is 0 Å². The van der Waals surface area contributed by atoms with Crippen molar-refractivity contribution < 1.29 is 52.8 Å². The van der Waals surface area contributed by atoms with Gasteiger partial charge in [0.2, 0.25) is 0 Å². The van der Waals surface area contributed by atoms with Gasteiger partial charge in [0.15, 0.2) is 12.2 Å².